The van der Waals surface area contributed by atoms with Crippen LogP contribution in [0.15, 0.2) is 18.2 Å². The molecule has 0 amide bonds. The molecule has 0 aromatic heterocycles. The van der Waals surface area contributed by atoms with Crippen LogP contribution in [0.4, 0.5) is 8.78 Å². The fourth-order valence-electron chi connectivity index (χ4n) is 1.05. The molecule has 0 heterocycles. The second-order valence-electron chi connectivity index (χ2n) is 2.92. The summed E-state index contributed by atoms with van der Waals surface area (Å²) in [5, 5.41) is 0.649. The van der Waals surface area contributed by atoms with Crippen molar-refractivity contribution in [2.24, 2.45) is 5.73 Å². The molecule has 0 saturated carbocycles. The molecule has 1 rings (SSSR count). The normalized spacial score (nSPS) is 13.3. The van der Waals surface area contributed by atoms with Crippen molar-refractivity contribution in [1.29, 1.82) is 0 Å². The van der Waals surface area contributed by atoms with Gasteiger partial charge in [0.15, 0.2) is 0 Å². The third kappa shape index (κ3) is 2.80. The molecule has 1 atom stereocenters. The van der Waals surface area contributed by atoms with Crippen LogP contribution in [0.5, 0.6) is 0 Å². The van der Waals surface area contributed by atoms with Gasteiger partial charge in [0.25, 0.3) is 6.43 Å². The van der Waals surface area contributed by atoms with E-state index in [1.54, 1.807) is 18.2 Å². The van der Waals surface area contributed by atoms with Crippen molar-refractivity contribution in [2.75, 3.05) is 0 Å². The van der Waals surface area contributed by atoms with E-state index < -0.39 is 12.5 Å². The molecule has 0 fully saturated rings. The van der Waals surface area contributed by atoms with Crippen LogP contribution in [0.25, 0.3) is 0 Å². The number of alkyl halides is 2. The minimum Gasteiger partial charge on any atom is -0.323 e. The molecular weight excluding hydrogens is 231 g/mol. The summed E-state index contributed by atoms with van der Waals surface area (Å²) in [4.78, 5) is 0. The van der Waals surface area contributed by atoms with E-state index in [0.717, 1.165) is 0 Å². The highest BCUT2D eigenvalue weighted by molar-refractivity contribution is 6.42. The summed E-state index contributed by atoms with van der Waals surface area (Å²) >= 11 is 11.5. The van der Waals surface area contributed by atoms with E-state index in [4.69, 9.17) is 28.9 Å². The standard InChI is InChI=1S/C9H9Cl2F2N/c10-6-3-1-2-5(8(6)11)4-7(14)9(12)13/h1-3,7,9H,4,14H2. The Balaban J connectivity index is 2.82. The lowest BCUT2D eigenvalue weighted by Gasteiger charge is -2.11. The highest BCUT2D eigenvalue weighted by atomic mass is 35.5. The summed E-state index contributed by atoms with van der Waals surface area (Å²) in [7, 11) is 0. The number of rotatable bonds is 3. The number of halogens is 4. The maximum Gasteiger partial charge on any atom is 0.253 e. The second kappa shape index (κ2) is 4.91. The summed E-state index contributed by atoms with van der Waals surface area (Å²) in [5.41, 5.74) is 5.76. The van der Waals surface area contributed by atoms with Crippen LogP contribution in [0.1, 0.15) is 5.56 Å². The third-order valence-corrected chi connectivity index (χ3v) is 2.67. The van der Waals surface area contributed by atoms with Gasteiger partial charge in [-0.05, 0) is 18.1 Å². The highest BCUT2D eigenvalue weighted by Crippen LogP contribution is 2.26. The summed E-state index contributed by atoms with van der Waals surface area (Å²) < 4.78 is 24.3. The first-order valence-electron chi connectivity index (χ1n) is 3.99. The Bertz CT molecular complexity index is 318. The Morgan fingerprint density at radius 1 is 1.29 bits per heavy atom. The quantitative estimate of drug-likeness (QED) is 0.862. The minimum absolute atomic E-state index is 0.0249. The Labute approximate surface area is 90.8 Å². The highest BCUT2D eigenvalue weighted by Gasteiger charge is 2.17. The van der Waals surface area contributed by atoms with Gasteiger partial charge in [0.1, 0.15) is 0 Å². The molecule has 78 valence electrons. The van der Waals surface area contributed by atoms with Crippen molar-refractivity contribution < 1.29 is 8.78 Å². The molecule has 0 aliphatic carbocycles. The lowest BCUT2D eigenvalue weighted by Crippen LogP contribution is -2.31. The zero-order chi connectivity index (χ0) is 10.7. The van der Waals surface area contributed by atoms with E-state index >= 15 is 0 Å². The van der Waals surface area contributed by atoms with Crippen molar-refractivity contribution in [1.82, 2.24) is 0 Å². The van der Waals surface area contributed by atoms with Gasteiger partial charge in [-0.1, -0.05) is 35.3 Å². The third-order valence-electron chi connectivity index (χ3n) is 1.81. The predicted octanol–water partition coefficient (Wildman–Crippen LogP) is 3.13. The average Bonchev–Trinajstić information content (AvgIpc) is 2.12. The molecule has 0 bridgehead atoms. The predicted molar refractivity (Wildman–Crippen MR) is 54.1 cm³/mol. The first-order valence-corrected chi connectivity index (χ1v) is 4.74. The van der Waals surface area contributed by atoms with Crippen molar-refractivity contribution in [3.8, 4) is 0 Å². The first kappa shape index (κ1) is 11.7. The van der Waals surface area contributed by atoms with Crippen molar-refractivity contribution in [3.63, 3.8) is 0 Å². The van der Waals surface area contributed by atoms with Crippen LogP contribution in [0.2, 0.25) is 10.0 Å². The van der Waals surface area contributed by atoms with Gasteiger partial charge in [0, 0.05) is 0 Å². The Kier molecular flexibility index (Phi) is 4.11. The molecule has 1 nitrogen and oxygen atoms in total. The lowest BCUT2D eigenvalue weighted by molar-refractivity contribution is 0.116. The van der Waals surface area contributed by atoms with Gasteiger partial charge in [-0.15, -0.1) is 0 Å². The maximum atomic E-state index is 12.1. The molecule has 0 saturated heterocycles. The van der Waals surface area contributed by atoms with Crippen LogP contribution < -0.4 is 5.73 Å². The van der Waals surface area contributed by atoms with E-state index in [9.17, 15) is 8.78 Å². The van der Waals surface area contributed by atoms with Crippen LogP contribution in [0.3, 0.4) is 0 Å². The van der Waals surface area contributed by atoms with E-state index in [0.29, 0.717) is 15.6 Å². The largest absolute Gasteiger partial charge is 0.323 e. The summed E-state index contributed by atoms with van der Waals surface area (Å²) in [6.07, 6.45) is -2.53. The molecule has 0 aliphatic rings. The van der Waals surface area contributed by atoms with Crippen LogP contribution in [-0.2, 0) is 6.42 Å². The van der Waals surface area contributed by atoms with E-state index in [1.807, 2.05) is 0 Å². The van der Waals surface area contributed by atoms with Crippen LogP contribution >= 0.6 is 23.2 Å². The average molecular weight is 240 g/mol. The molecule has 5 heteroatoms. The van der Waals surface area contributed by atoms with Gasteiger partial charge in [0.05, 0.1) is 16.1 Å². The van der Waals surface area contributed by atoms with Gasteiger partial charge >= 0.3 is 0 Å². The number of nitrogens with two attached hydrogens (primary N) is 1. The first-order chi connectivity index (χ1) is 6.52. The molecule has 0 aliphatic heterocycles. The molecule has 1 aromatic carbocycles. The zero-order valence-corrected chi connectivity index (χ0v) is 8.69. The van der Waals surface area contributed by atoms with Gasteiger partial charge in [0.2, 0.25) is 0 Å². The topological polar surface area (TPSA) is 26.0 Å². The Morgan fingerprint density at radius 2 is 1.93 bits per heavy atom. The summed E-state index contributed by atoms with van der Waals surface area (Å²) in [6, 6.07) is 3.69. The summed E-state index contributed by atoms with van der Waals surface area (Å²) in [6.45, 7) is 0. The van der Waals surface area contributed by atoms with Gasteiger partial charge in [-0.25, -0.2) is 8.78 Å². The van der Waals surface area contributed by atoms with Gasteiger partial charge in [-0.3, -0.25) is 0 Å². The Hall–Kier alpha value is -0.380. The fourth-order valence-corrected chi connectivity index (χ4v) is 1.45. The smallest absolute Gasteiger partial charge is 0.253 e. The van der Waals surface area contributed by atoms with Crippen molar-refractivity contribution >= 4 is 23.2 Å². The number of benzene rings is 1. The lowest BCUT2D eigenvalue weighted by atomic mass is 10.1. The van der Waals surface area contributed by atoms with Gasteiger partial charge < -0.3 is 5.73 Å². The molecular formula is C9H9Cl2F2N. The molecule has 0 spiro atoms. The van der Waals surface area contributed by atoms with E-state index in [1.165, 1.54) is 0 Å². The van der Waals surface area contributed by atoms with Gasteiger partial charge in [-0.2, -0.15) is 0 Å². The Morgan fingerprint density at radius 3 is 2.50 bits per heavy atom. The molecule has 1 unspecified atom stereocenters. The van der Waals surface area contributed by atoms with Crippen molar-refractivity contribution in [2.45, 2.75) is 18.9 Å². The maximum absolute atomic E-state index is 12.1. The SMILES string of the molecule is NC(Cc1cccc(Cl)c1Cl)C(F)F. The molecule has 1 aromatic rings. The second-order valence-corrected chi connectivity index (χ2v) is 3.70. The van der Waals surface area contributed by atoms with E-state index in [2.05, 4.69) is 0 Å². The molecule has 14 heavy (non-hydrogen) atoms. The molecule has 2 N–H and O–H groups in total. The van der Waals surface area contributed by atoms with Crippen molar-refractivity contribution in [3.05, 3.63) is 33.8 Å². The van der Waals surface area contributed by atoms with Crippen LogP contribution in [-0.4, -0.2) is 12.5 Å². The number of hydrogen-bond acceptors (Lipinski definition) is 1. The monoisotopic (exact) mass is 239 g/mol. The molecule has 0 radical (unpaired) electrons. The minimum atomic E-state index is -2.55. The number of hydrogen-bond donors (Lipinski definition) is 1. The summed E-state index contributed by atoms with van der Waals surface area (Å²) in [5.74, 6) is 0. The van der Waals surface area contributed by atoms with E-state index in [-0.39, 0.29) is 6.42 Å². The fraction of sp³-hybridized carbons (Fsp3) is 0.333. The zero-order valence-electron chi connectivity index (χ0n) is 7.18. The van der Waals surface area contributed by atoms with Crippen LogP contribution in [0, 0.1) is 0 Å².